The number of nitrogens with one attached hydrogen (secondary N) is 1. The summed E-state index contributed by atoms with van der Waals surface area (Å²) in [5, 5.41) is 2.60. The van der Waals surface area contributed by atoms with E-state index >= 15 is 0 Å². The molecule has 2 fully saturated rings. The van der Waals surface area contributed by atoms with E-state index in [-0.39, 0.29) is 5.91 Å². The fourth-order valence-electron chi connectivity index (χ4n) is 3.44. The van der Waals surface area contributed by atoms with Crippen molar-refractivity contribution < 1.29 is 9.59 Å². The lowest BCUT2D eigenvalue weighted by Gasteiger charge is -2.35. The van der Waals surface area contributed by atoms with Gasteiger partial charge >= 0.3 is 11.8 Å². The number of hydrogen-bond acceptors (Lipinski definition) is 3. The van der Waals surface area contributed by atoms with Crippen LogP contribution >= 0.6 is 0 Å². The van der Waals surface area contributed by atoms with Gasteiger partial charge in [0, 0.05) is 26.2 Å². The Bertz CT molecular complexity index is 538. The Balaban J connectivity index is 1.40. The van der Waals surface area contributed by atoms with Gasteiger partial charge in [0.25, 0.3) is 0 Å². The summed E-state index contributed by atoms with van der Waals surface area (Å²) in [5.41, 5.74) is 1.39. The largest absolute Gasteiger partial charge is 0.346 e. The van der Waals surface area contributed by atoms with Crippen LogP contribution < -0.4 is 5.32 Å². The molecule has 124 valence electrons. The number of nitrogens with zero attached hydrogens (tertiary/aromatic N) is 2. The third-order valence-corrected chi connectivity index (χ3v) is 4.89. The van der Waals surface area contributed by atoms with Crippen molar-refractivity contribution in [3.63, 3.8) is 0 Å². The van der Waals surface area contributed by atoms with Gasteiger partial charge in [0.05, 0.1) is 0 Å². The SMILES string of the molecule is O=C1NCCN(CC2CCN(CCc3ccccc3)CC2)C1=O. The van der Waals surface area contributed by atoms with Gasteiger partial charge in [-0.05, 0) is 43.8 Å². The van der Waals surface area contributed by atoms with Crippen LogP contribution in [-0.2, 0) is 16.0 Å². The van der Waals surface area contributed by atoms with E-state index in [0.717, 1.165) is 45.4 Å². The molecule has 3 rings (SSSR count). The monoisotopic (exact) mass is 315 g/mol. The quantitative estimate of drug-likeness (QED) is 0.822. The maximum atomic E-state index is 11.8. The molecule has 2 saturated heterocycles. The molecule has 0 bridgehead atoms. The van der Waals surface area contributed by atoms with Gasteiger partial charge in [-0.15, -0.1) is 0 Å². The molecule has 5 heteroatoms. The van der Waals surface area contributed by atoms with Gasteiger partial charge in [0.1, 0.15) is 0 Å². The first-order valence-electron chi connectivity index (χ1n) is 8.56. The number of piperazine rings is 1. The van der Waals surface area contributed by atoms with Gasteiger partial charge in [-0.25, -0.2) is 0 Å². The lowest BCUT2D eigenvalue weighted by molar-refractivity contribution is -0.148. The molecular weight excluding hydrogens is 290 g/mol. The zero-order valence-electron chi connectivity index (χ0n) is 13.5. The average molecular weight is 315 g/mol. The summed E-state index contributed by atoms with van der Waals surface area (Å²) in [6.07, 6.45) is 3.32. The van der Waals surface area contributed by atoms with Crippen molar-refractivity contribution in [2.45, 2.75) is 19.3 Å². The molecule has 1 aromatic rings. The van der Waals surface area contributed by atoms with Crippen LogP contribution in [0.5, 0.6) is 0 Å². The number of benzene rings is 1. The van der Waals surface area contributed by atoms with Crippen LogP contribution in [0.4, 0.5) is 0 Å². The van der Waals surface area contributed by atoms with E-state index in [1.54, 1.807) is 4.90 Å². The molecule has 23 heavy (non-hydrogen) atoms. The highest BCUT2D eigenvalue weighted by Crippen LogP contribution is 2.19. The zero-order valence-corrected chi connectivity index (χ0v) is 13.5. The third-order valence-electron chi connectivity index (χ3n) is 4.89. The second-order valence-corrected chi connectivity index (χ2v) is 6.53. The zero-order chi connectivity index (χ0) is 16.1. The smallest absolute Gasteiger partial charge is 0.311 e. The Hall–Kier alpha value is -1.88. The van der Waals surface area contributed by atoms with E-state index in [9.17, 15) is 9.59 Å². The van der Waals surface area contributed by atoms with Crippen molar-refractivity contribution >= 4 is 11.8 Å². The highest BCUT2D eigenvalue weighted by Gasteiger charge is 2.29. The highest BCUT2D eigenvalue weighted by molar-refractivity contribution is 6.35. The Labute approximate surface area is 137 Å². The van der Waals surface area contributed by atoms with Crippen molar-refractivity contribution in [1.29, 1.82) is 0 Å². The number of amides is 2. The second-order valence-electron chi connectivity index (χ2n) is 6.53. The van der Waals surface area contributed by atoms with Crippen molar-refractivity contribution in [1.82, 2.24) is 15.1 Å². The molecule has 2 amide bonds. The minimum absolute atomic E-state index is 0.359. The molecule has 2 aliphatic heterocycles. The Morgan fingerprint density at radius 3 is 2.52 bits per heavy atom. The number of likely N-dealkylation sites (tertiary alicyclic amines) is 1. The maximum absolute atomic E-state index is 11.8. The molecule has 0 aromatic heterocycles. The summed E-state index contributed by atoms with van der Waals surface area (Å²) >= 11 is 0. The van der Waals surface area contributed by atoms with Crippen LogP contribution in [0.2, 0.25) is 0 Å². The molecule has 0 unspecified atom stereocenters. The van der Waals surface area contributed by atoms with Crippen molar-refractivity contribution in [2.24, 2.45) is 5.92 Å². The summed E-state index contributed by atoms with van der Waals surface area (Å²) in [6.45, 7) is 5.25. The van der Waals surface area contributed by atoms with Crippen LogP contribution in [-0.4, -0.2) is 60.9 Å². The summed E-state index contributed by atoms with van der Waals surface area (Å²) in [4.78, 5) is 27.5. The first-order chi connectivity index (χ1) is 11.2. The molecule has 1 N–H and O–H groups in total. The minimum Gasteiger partial charge on any atom is -0.346 e. The van der Waals surface area contributed by atoms with Crippen LogP contribution in [0, 0.1) is 5.92 Å². The van der Waals surface area contributed by atoms with Gasteiger partial charge in [0.15, 0.2) is 0 Å². The molecule has 0 spiro atoms. The Morgan fingerprint density at radius 1 is 1.04 bits per heavy atom. The van der Waals surface area contributed by atoms with Crippen molar-refractivity contribution in [2.75, 3.05) is 39.3 Å². The van der Waals surface area contributed by atoms with Gasteiger partial charge < -0.3 is 15.1 Å². The molecule has 0 saturated carbocycles. The predicted octanol–water partition coefficient (Wildman–Crippen LogP) is 0.900. The number of piperidine rings is 1. The lowest BCUT2D eigenvalue weighted by atomic mass is 9.95. The molecule has 0 aliphatic carbocycles. The van der Waals surface area contributed by atoms with Crippen LogP contribution in [0.15, 0.2) is 30.3 Å². The van der Waals surface area contributed by atoms with Crippen LogP contribution in [0.1, 0.15) is 18.4 Å². The fourth-order valence-corrected chi connectivity index (χ4v) is 3.44. The molecule has 2 aliphatic rings. The summed E-state index contributed by atoms with van der Waals surface area (Å²) < 4.78 is 0. The standard InChI is InChI=1S/C18H25N3O2/c22-17-18(23)21(13-9-19-17)14-16-7-11-20(12-8-16)10-6-15-4-2-1-3-5-15/h1-5,16H,6-14H2,(H,19,22). The van der Waals surface area contributed by atoms with Crippen molar-refractivity contribution in [3.05, 3.63) is 35.9 Å². The van der Waals surface area contributed by atoms with E-state index in [0.29, 0.717) is 19.0 Å². The summed E-state index contributed by atoms with van der Waals surface area (Å²) in [6, 6.07) is 10.6. The molecule has 0 atom stereocenters. The predicted molar refractivity (Wildman–Crippen MR) is 88.9 cm³/mol. The molecule has 5 nitrogen and oxygen atoms in total. The summed E-state index contributed by atoms with van der Waals surface area (Å²) in [5.74, 6) is -0.280. The Kier molecular flexibility index (Phi) is 5.28. The average Bonchev–Trinajstić information content (AvgIpc) is 2.59. The van der Waals surface area contributed by atoms with Gasteiger partial charge in [0.2, 0.25) is 0 Å². The number of hydrogen-bond donors (Lipinski definition) is 1. The fraction of sp³-hybridized carbons (Fsp3) is 0.556. The van der Waals surface area contributed by atoms with E-state index in [1.807, 2.05) is 0 Å². The Morgan fingerprint density at radius 2 is 1.78 bits per heavy atom. The van der Waals surface area contributed by atoms with E-state index in [1.165, 1.54) is 5.56 Å². The third kappa shape index (κ3) is 4.32. The molecule has 1 aromatic carbocycles. The first-order valence-corrected chi connectivity index (χ1v) is 8.56. The van der Waals surface area contributed by atoms with Crippen molar-refractivity contribution in [3.8, 4) is 0 Å². The minimum atomic E-state index is -0.448. The number of carbonyl (C=O) groups is 2. The normalized spacial score (nSPS) is 20.6. The first kappa shape index (κ1) is 16.0. The van der Waals surface area contributed by atoms with E-state index in [2.05, 4.69) is 40.5 Å². The van der Waals surface area contributed by atoms with Crippen LogP contribution in [0.25, 0.3) is 0 Å². The second kappa shape index (κ2) is 7.59. The van der Waals surface area contributed by atoms with E-state index in [4.69, 9.17) is 0 Å². The number of carbonyl (C=O) groups excluding carboxylic acids is 2. The van der Waals surface area contributed by atoms with Gasteiger partial charge in [-0.2, -0.15) is 0 Å². The highest BCUT2D eigenvalue weighted by atomic mass is 16.2. The number of rotatable bonds is 5. The van der Waals surface area contributed by atoms with Crippen LogP contribution in [0.3, 0.4) is 0 Å². The van der Waals surface area contributed by atoms with Gasteiger partial charge in [-0.3, -0.25) is 9.59 Å². The van der Waals surface area contributed by atoms with Gasteiger partial charge in [-0.1, -0.05) is 30.3 Å². The topological polar surface area (TPSA) is 52.7 Å². The lowest BCUT2D eigenvalue weighted by Crippen LogP contribution is -2.53. The molecule has 2 heterocycles. The maximum Gasteiger partial charge on any atom is 0.311 e. The molecule has 0 radical (unpaired) electrons. The molecular formula is C18H25N3O2. The van der Waals surface area contributed by atoms with E-state index < -0.39 is 5.91 Å². The summed E-state index contributed by atoms with van der Waals surface area (Å²) in [7, 11) is 0.